The summed E-state index contributed by atoms with van der Waals surface area (Å²) in [5.41, 5.74) is 8.70. The standard InChI is InChI=1S/C17H19F2N/c1-11-5-7-15(18)8-13(11)10-17(3,20)14-6-4-12(2)16(19)9-14/h4-9H,10,20H2,1-3H3. The molecule has 0 bridgehead atoms. The molecule has 0 aliphatic rings. The molecule has 20 heavy (non-hydrogen) atoms. The summed E-state index contributed by atoms with van der Waals surface area (Å²) in [7, 11) is 0. The van der Waals surface area contributed by atoms with Gasteiger partial charge in [0.05, 0.1) is 0 Å². The van der Waals surface area contributed by atoms with E-state index in [0.717, 1.165) is 11.1 Å². The van der Waals surface area contributed by atoms with E-state index in [1.165, 1.54) is 18.2 Å². The lowest BCUT2D eigenvalue weighted by atomic mass is 9.85. The van der Waals surface area contributed by atoms with Crippen molar-refractivity contribution in [3.63, 3.8) is 0 Å². The number of halogens is 2. The summed E-state index contributed by atoms with van der Waals surface area (Å²) in [6.07, 6.45) is 0.457. The highest BCUT2D eigenvalue weighted by atomic mass is 19.1. The summed E-state index contributed by atoms with van der Waals surface area (Å²) >= 11 is 0. The molecule has 0 aliphatic heterocycles. The lowest BCUT2D eigenvalue weighted by molar-refractivity contribution is 0.483. The van der Waals surface area contributed by atoms with Crippen molar-refractivity contribution in [2.24, 2.45) is 5.73 Å². The molecule has 0 amide bonds. The highest BCUT2D eigenvalue weighted by Gasteiger charge is 2.23. The number of rotatable bonds is 3. The van der Waals surface area contributed by atoms with Gasteiger partial charge in [0, 0.05) is 5.54 Å². The number of hydrogen-bond acceptors (Lipinski definition) is 1. The largest absolute Gasteiger partial charge is 0.321 e. The van der Waals surface area contributed by atoms with Crippen molar-refractivity contribution < 1.29 is 8.78 Å². The van der Waals surface area contributed by atoms with E-state index < -0.39 is 5.54 Å². The van der Waals surface area contributed by atoms with E-state index in [2.05, 4.69) is 0 Å². The predicted molar refractivity (Wildman–Crippen MR) is 77.5 cm³/mol. The Hall–Kier alpha value is -1.74. The van der Waals surface area contributed by atoms with Crippen LogP contribution >= 0.6 is 0 Å². The van der Waals surface area contributed by atoms with Gasteiger partial charge in [-0.1, -0.05) is 18.2 Å². The van der Waals surface area contributed by atoms with Crippen LogP contribution in [0.5, 0.6) is 0 Å². The molecule has 0 fully saturated rings. The molecule has 0 aliphatic carbocycles. The Balaban J connectivity index is 2.34. The average Bonchev–Trinajstić information content (AvgIpc) is 2.36. The molecule has 2 rings (SSSR count). The molecule has 0 radical (unpaired) electrons. The Labute approximate surface area is 118 Å². The van der Waals surface area contributed by atoms with Gasteiger partial charge in [-0.2, -0.15) is 0 Å². The molecule has 2 N–H and O–H groups in total. The zero-order chi connectivity index (χ0) is 14.9. The fourth-order valence-electron chi connectivity index (χ4n) is 2.28. The highest BCUT2D eigenvalue weighted by Crippen LogP contribution is 2.26. The molecule has 106 valence electrons. The second-order valence-corrected chi connectivity index (χ2v) is 5.63. The maximum Gasteiger partial charge on any atom is 0.126 e. The van der Waals surface area contributed by atoms with Crippen LogP contribution in [0.1, 0.15) is 29.2 Å². The zero-order valence-electron chi connectivity index (χ0n) is 12.0. The Bertz CT molecular complexity index is 633. The van der Waals surface area contributed by atoms with E-state index in [1.807, 2.05) is 19.9 Å². The highest BCUT2D eigenvalue weighted by molar-refractivity contribution is 5.34. The van der Waals surface area contributed by atoms with Gasteiger partial charge in [-0.25, -0.2) is 8.78 Å². The van der Waals surface area contributed by atoms with Crippen molar-refractivity contribution in [1.29, 1.82) is 0 Å². The van der Waals surface area contributed by atoms with Crippen LogP contribution in [-0.2, 0) is 12.0 Å². The third kappa shape index (κ3) is 3.05. The third-order valence-corrected chi connectivity index (χ3v) is 3.70. The normalized spacial score (nSPS) is 14.1. The number of nitrogens with two attached hydrogens (primary N) is 1. The minimum Gasteiger partial charge on any atom is -0.321 e. The van der Waals surface area contributed by atoms with E-state index in [1.54, 1.807) is 19.1 Å². The molecular weight excluding hydrogens is 256 g/mol. The lowest BCUT2D eigenvalue weighted by Gasteiger charge is -2.26. The van der Waals surface area contributed by atoms with Crippen LogP contribution in [0.3, 0.4) is 0 Å². The summed E-state index contributed by atoms with van der Waals surface area (Å²) in [6, 6.07) is 9.66. The van der Waals surface area contributed by atoms with E-state index in [4.69, 9.17) is 5.73 Å². The van der Waals surface area contributed by atoms with Crippen molar-refractivity contribution in [2.45, 2.75) is 32.7 Å². The Kier molecular flexibility index (Phi) is 3.91. The Morgan fingerprint density at radius 3 is 2.30 bits per heavy atom. The van der Waals surface area contributed by atoms with Gasteiger partial charge < -0.3 is 5.73 Å². The monoisotopic (exact) mass is 275 g/mol. The fourth-order valence-corrected chi connectivity index (χ4v) is 2.28. The minimum absolute atomic E-state index is 0.268. The smallest absolute Gasteiger partial charge is 0.126 e. The topological polar surface area (TPSA) is 26.0 Å². The number of aryl methyl sites for hydroxylation is 2. The molecule has 1 unspecified atom stereocenters. The van der Waals surface area contributed by atoms with Crippen LogP contribution in [0, 0.1) is 25.5 Å². The second-order valence-electron chi connectivity index (χ2n) is 5.63. The first kappa shape index (κ1) is 14.7. The third-order valence-electron chi connectivity index (χ3n) is 3.70. The van der Waals surface area contributed by atoms with E-state index >= 15 is 0 Å². The summed E-state index contributed by atoms with van der Waals surface area (Å²) in [5.74, 6) is -0.549. The first-order valence-electron chi connectivity index (χ1n) is 6.60. The van der Waals surface area contributed by atoms with Gasteiger partial charge >= 0.3 is 0 Å². The molecule has 2 aromatic rings. The number of benzene rings is 2. The molecular formula is C17H19F2N. The van der Waals surface area contributed by atoms with Gasteiger partial charge in [-0.15, -0.1) is 0 Å². The van der Waals surface area contributed by atoms with Crippen molar-refractivity contribution in [2.75, 3.05) is 0 Å². The van der Waals surface area contributed by atoms with Crippen LogP contribution in [0.15, 0.2) is 36.4 Å². The van der Waals surface area contributed by atoms with Gasteiger partial charge in [0.1, 0.15) is 11.6 Å². The van der Waals surface area contributed by atoms with E-state index in [9.17, 15) is 8.78 Å². The van der Waals surface area contributed by atoms with Crippen LogP contribution in [0.4, 0.5) is 8.78 Å². The first-order valence-corrected chi connectivity index (χ1v) is 6.60. The molecule has 1 atom stereocenters. The SMILES string of the molecule is Cc1ccc(C(C)(N)Cc2cc(F)ccc2C)cc1F. The van der Waals surface area contributed by atoms with Gasteiger partial charge in [0.25, 0.3) is 0 Å². The molecule has 0 heterocycles. The fraction of sp³-hybridized carbons (Fsp3) is 0.294. The maximum atomic E-state index is 13.7. The van der Waals surface area contributed by atoms with Crippen molar-refractivity contribution >= 4 is 0 Å². The lowest BCUT2D eigenvalue weighted by Crippen LogP contribution is -2.35. The van der Waals surface area contributed by atoms with Crippen LogP contribution in [0.2, 0.25) is 0 Å². The summed E-state index contributed by atoms with van der Waals surface area (Å²) in [5, 5.41) is 0. The minimum atomic E-state index is -0.743. The van der Waals surface area contributed by atoms with E-state index in [0.29, 0.717) is 17.5 Å². The maximum absolute atomic E-state index is 13.7. The quantitative estimate of drug-likeness (QED) is 0.900. The van der Waals surface area contributed by atoms with Gasteiger partial charge in [0.2, 0.25) is 0 Å². The van der Waals surface area contributed by atoms with Crippen LogP contribution < -0.4 is 5.73 Å². The summed E-state index contributed by atoms with van der Waals surface area (Å²) in [4.78, 5) is 0. The molecule has 2 aromatic carbocycles. The van der Waals surface area contributed by atoms with E-state index in [-0.39, 0.29) is 11.6 Å². The first-order chi connectivity index (χ1) is 9.29. The second kappa shape index (κ2) is 5.33. The predicted octanol–water partition coefficient (Wildman–Crippen LogP) is 4.00. The molecule has 1 nitrogen and oxygen atoms in total. The van der Waals surface area contributed by atoms with Crippen molar-refractivity contribution in [3.8, 4) is 0 Å². The van der Waals surface area contributed by atoms with Crippen LogP contribution in [-0.4, -0.2) is 0 Å². The molecule has 0 saturated heterocycles. The molecule has 3 heteroatoms. The van der Waals surface area contributed by atoms with Gasteiger partial charge in [-0.05, 0) is 67.6 Å². The molecule has 0 spiro atoms. The summed E-state index contributed by atoms with van der Waals surface area (Å²) < 4.78 is 27.0. The van der Waals surface area contributed by atoms with Crippen molar-refractivity contribution in [3.05, 3.63) is 70.3 Å². The summed E-state index contributed by atoms with van der Waals surface area (Å²) in [6.45, 7) is 5.46. The number of hydrogen-bond donors (Lipinski definition) is 1. The molecule has 0 saturated carbocycles. The zero-order valence-corrected chi connectivity index (χ0v) is 12.0. The average molecular weight is 275 g/mol. The van der Waals surface area contributed by atoms with Gasteiger partial charge in [0.15, 0.2) is 0 Å². The van der Waals surface area contributed by atoms with Crippen LogP contribution in [0.25, 0.3) is 0 Å². The Morgan fingerprint density at radius 1 is 1.00 bits per heavy atom. The van der Waals surface area contributed by atoms with Crippen molar-refractivity contribution in [1.82, 2.24) is 0 Å². The van der Waals surface area contributed by atoms with Gasteiger partial charge in [-0.3, -0.25) is 0 Å². The Morgan fingerprint density at radius 2 is 1.65 bits per heavy atom. The molecule has 0 aromatic heterocycles.